The molecule has 1 aliphatic rings. The van der Waals surface area contributed by atoms with E-state index >= 15 is 0 Å². The first-order chi connectivity index (χ1) is 18.7. The summed E-state index contributed by atoms with van der Waals surface area (Å²) in [5.74, 6) is -0.164. The molecule has 2 aromatic carbocycles. The molecule has 1 N–H and O–H groups in total. The molecule has 40 heavy (non-hydrogen) atoms. The highest BCUT2D eigenvalue weighted by Gasteiger charge is 2.46. The van der Waals surface area contributed by atoms with Crippen LogP contribution in [-0.2, 0) is 25.1 Å². The number of hydroxylamine groups is 2. The number of rotatable bonds is 12. The second-order valence-electron chi connectivity index (χ2n) is 13.3. The third kappa shape index (κ3) is 8.43. The number of hydrogen-bond donors (Lipinski definition) is 1. The lowest BCUT2D eigenvalue weighted by Gasteiger charge is -2.28. The van der Waals surface area contributed by atoms with Gasteiger partial charge in [-0.05, 0) is 66.5 Å². The molecule has 0 aromatic heterocycles. The highest BCUT2D eigenvalue weighted by molar-refractivity contribution is 5.51. The SMILES string of the molecule is C=C(C)COCCC1C(COCC(=C)C)C(N(O)c2ccc(C(C)(C)C)cc2)ON1c1ccc(C(C)(C)C)cc1. The van der Waals surface area contributed by atoms with Crippen LogP contribution >= 0.6 is 0 Å². The fourth-order valence-corrected chi connectivity index (χ4v) is 4.83. The van der Waals surface area contributed by atoms with E-state index in [9.17, 15) is 5.21 Å². The van der Waals surface area contributed by atoms with E-state index in [1.165, 1.54) is 16.2 Å². The smallest absolute Gasteiger partial charge is 0.188 e. The fraction of sp³-hybridized carbons (Fsp3) is 0.529. The molecule has 0 amide bonds. The van der Waals surface area contributed by atoms with Crippen LogP contribution < -0.4 is 10.1 Å². The minimum Gasteiger partial charge on any atom is -0.377 e. The van der Waals surface area contributed by atoms with Gasteiger partial charge < -0.3 is 9.47 Å². The molecular weight excluding hydrogens is 500 g/mol. The summed E-state index contributed by atoms with van der Waals surface area (Å²) in [4.78, 5) is 6.58. The van der Waals surface area contributed by atoms with Crippen LogP contribution in [0.25, 0.3) is 0 Å². The molecule has 3 atom stereocenters. The van der Waals surface area contributed by atoms with Crippen molar-refractivity contribution in [2.24, 2.45) is 5.92 Å². The topological polar surface area (TPSA) is 54.4 Å². The van der Waals surface area contributed by atoms with E-state index in [0.29, 0.717) is 38.5 Å². The Kier molecular flexibility index (Phi) is 10.6. The van der Waals surface area contributed by atoms with Gasteiger partial charge in [0.15, 0.2) is 6.23 Å². The standard InChI is InChI=1S/C34H50N2O4/c1-24(2)21-38-20-19-31-30(23-39-22-25(3)4)32(35(37)28-15-11-26(12-16-28)33(5,6)7)40-36(31)29-17-13-27(14-18-29)34(8,9)10/h11-18,30-32,37H,1,3,19-23H2,2,4-10H3. The van der Waals surface area contributed by atoms with E-state index in [-0.39, 0.29) is 22.8 Å². The Bertz CT molecular complexity index is 1110. The summed E-state index contributed by atoms with van der Waals surface area (Å²) in [5.41, 5.74) is 6.05. The third-order valence-electron chi connectivity index (χ3n) is 7.18. The molecule has 0 saturated carbocycles. The number of benzene rings is 2. The summed E-state index contributed by atoms with van der Waals surface area (Å²) in [7, 11) is 0. The third-order valence-corrected chi connectivity index (χ3v) is 7.18. The average Bonchev–Trinajstić information content (AvgIpc) is 3.23. The number of ether oxygens (including phenoxy) is 2. The highest BCUT2D eigenvalue weighted by atomic mass is 16.7. The zero-order valence-corrected chi connectivity index (χ0v) is 25.9. The van der Waals surface area contributed by atoms with Gasteiger partial charge in [0, 0.05) is 6.61 Å². The van der Waals surface area contributed by atoms with E-state index < -0.39 is 6.23 Å². The summed E-state index contributed by atoms with van der Waals surface area (Å²) in [6.07, 6.45) is 0.0435. The van der Waals surface area contributed by atoms with E-state index in [1.807, 2.05) is 31.0 Å². The van der Waals surface area contributed by atoms with Gasteiger partial charge in [-0.1, -0.05) is 90.1 Å². The zero-order valence-electron chi connectivity index (χ0n) is 25.9. The molecule has 6 heteroatoms. The first-order valence-corrected chi connectivity index (χ1v) is 14.3. The quantitative estimate of drug-likeness (QED) is 0.165. The molecule has 1 fully saturated rings. The van der Waals surface area contributed by atoms with Crippen LogP contribution in [0.3, 0.4) is 0 Å². The molecule has 0 bridgehead atoms. The molecule has 3 unspecified atom stereocenters. The Morgan fingerprint density at radius 2 is 1.35 bits per heavy atom. The number of hydrogen-bond acceptors (Lipinski definition) is 6. The number of nitrogens with zero attached hydrogens (tertiary/aromatic N) is 2. The molecule has 0 aliphatic carbocycles. The average molecular weight is 551 g/mol. The molecule has 1 heterocycles. The summed E-state index contributed by atoms with van der Waals surface area (Å²) in [6, 6.07) is 16.4. The van der Waals surface area contributed by atoms with Crippen LogP contribution in [0, 0.1) is 5.92 Å². The van der Waals surface area contributed by atoms with E-state index in [0.717, 1.165) is 16.8 Å². The second-order valence-corrected chi connectivity index (χ2v) is 13.3. The van der Waals surface area contributed by atoms with Gasteiger partial charge in [0.05, 0.1) is 43.2 Å². The summed E-state index contributed by atoms with van der Waals surface area (Å²) >= 11 is 0. The van der Waals surface area contributed by atoms with Gasteiger partial charge in [-0.15, -0.1) is 0 Å². The van der Waals surface area contributed by atoms with Crippen molar-refractivity contribution in [1.29, 1.82) is 0 Å². The summed E-state index contributed by atoms with van der Waals surface area (Å²) < 4.78 is 12.0. The van der Waals surface area contributed by atoms with Crippen molar-refractivity contribution in [2.75, 3.05) is 36.6 Å². The molecular formula is C34H50N2O4. The fourth-order valence-electron chi connectivity index (χ4n) is 4.83. The van der Waals surface area contributed by atoms with Gasteiger partial charge in [0.1, 0.15) is 0 Å². The van der Waals surface area contributed by atoms with Crippen molar-refractivity contribution in [2.45, 2.75) is 84.9 Å². The molecule has 2 aromatic rings. The van der Waals surface area contributed by atoms with Gasteiger partial charge >= 0.3 is 0 Å². The molecule has 6 nitrogen and oxygen atoms in total. The monoisotopic (exact) mass is 550 g/mol. The molecule has 3 rings (SSSR count). The lowest BCUT2D eigenvalue weighted by Crippen LogP contribution is -2.41. The first kappa shape index (κ1) is 31.9. The summed E-state index contributed by atoms with van der Waals surface area (Å²) in [6.45, 7) is 26.9. The minimum absolute atomic E-state index is 0.0203. The lowest BCUT2D eigenvalue weighted by atomic mass is 9.87. The van der Waals surface area contributed by atoms with Crippen LogP contribution in [0.2, 0.25) is 0 Å². The van der Waals surface area contributed by atoms with Crippen LogP contribution in [0.1, 0.15) is 72.9 Å². The highest BCUT2D eigenvalue weighted by Crippen LogP contribution is 2.38. The lowest BCUT2D eigenvalue weighted by molar-refractivity contribution is -0.0121. The molecule has 0 radical (unpaired) electrons. The summed E-state index contributed by atoms with van der Waals surface area (Å²) in [5, 5.41) is 14.7. The van der Waals surface area contributed by atoms with Crippen molar-refractivity contribution in [3.8, 4) is 0 Å². The molecule has 1 aliphatic heterocycles. The van der Waals surface area contributed by atoms with Gasteiger partial charge in [-0.2, -0.15) is 0 Å². The predicted octanol–water partition coefficient (Wildman–Crippen LogP) is 7.82. The van der Waals surface area contributed by atoms with Crippen LogP contribution in [-0.4, -0.2) is 43.9 Å². The van der Waals surface area contributed by atoms with Gasteiger partial charge in [0.2, 0.25) is 0 Å². The van der Waals surface area contributed by atoms with Crippen LogP contribution in [0.15, 0.2) is 72.8 Å². The first-order valence-electron chi connectivity index (χ1n) is 14.3. The second kappa shape index (κ2) is 13.3. The number of anilines is 2. The molecule has 1 saturated heterocycles. The Balaban J connectivity index is 1.95. The maximum absolute atomic E-state index is 11.5. The Hall–Kier alpha value is -2.64. The van der Waals surface area contributed by atoms with E-state index in [2.05, 4.69) is 91.1 Å². The van der Waals surface area contributed by atoms with Gasteiger partial charge in [-0.25, -0.2) is 15.0 Å². The van der Waals surface area contributed by atoms with Crippen molar-refractivity contribution >= 4 is 11.4 Å². The van der Waals surface area contributed by atoms with E-state index in [1.54, 1.807) is 0 Å². The Labute approximate surface area is 242 Å². The zero-order chi connectivity index (χ0) is 29.7. The van der Waals surface area contributed by atoms with Crippen molar-refractivity contribution in [1.82, 2.24) is 0 Å². The van der Waals surface area contributed by atoms with Crippen molar-refractivity contribution in [3.63, 3.8) is 0 Å². The normalized spacial score (nSPS) is 19.6. The van der Waals surface area contributed by atoms with Gasteiger partial charge in [0.25, 0.3) is 0 Å². The Morgan fingerprint density at radius 3 is 1.85 bits per heavy atom. The Morgan fingerprint density at radius 1 is 0.850 bits per heavy atom. The van der Waals surface area contributed by atoms with E-state index in [4.69, 9.17) is 14.3 Å². The van der Waals surface area contributed by atoms with Gasteiger partial charge in [-0.3, -0.25) is 5.21 Å². The largest absolute Gasteiger partial charge is 0.377 e. The minimum atomic E-state index is -0.654. The predicted molar refractivity (Wildman–Crippen MR) is 165 cm³/mol. The molecule has 0 spiro atoms. The maximum Gasteiger partial charge on any atom is 0.188 e. The van der Waals surface area contributed by atoms with Crippen LogP contribution in [0.5, 0.6) is 0 Å². The van der Waals surface area contributed by atoms with Crippen molar-refractivity contribution < 1.29 is 19.5 Å². The van der Waals surface area contributed by atoms with Crippen LogP contribution in [0.4, 0.5) is 11.4 Å². The van der Waals surface area contributed by atoms with Crippen molar-refractivity contribution in [3.05, 3.63) is 84.0 Å². The maximum atomic E-state index is 11.5. The molecule has 220 valence electrons.